The summed E-state index contributed by atoms with van der Waals surface area (Å²) < 4.78 is 5.53. The summed E-state index contributed by atoms with van der Waals surface area (Å²) in [6.07, 6.45) is 1.62. The number of carbonyl (C=O) groups excluding carboxylic acids is 1. The van der Waals surface area contributed by atoms with E-state index in [1.807, 2.05) is 24.3 Å². The molecule has 1 aliphatic rings. The van der Waals surface area contributed by atoms with E-state index in [0.29, 0.717) is 18.8 Å². The fourth-order valence-electron chi connectivity index (χ4n) is 2.19. The molecule has 102 valence electrons. The van der Waals surface area contributed by atoms with Crippen molar-refractivity contribution in [2.45, 2.75) is 12.6 Å². The monoisotopic (exact) mass is 269 g/mol. The van der Waals surface area contributed by atoms with Crippen molar-refractivity contribution < 1.29 is 9.53 Å². The SMILES string of the molecule is NCc1ccc(C(=O)NC2COc3ccccc32)nc1. The maximum Gasteiger partial charge on any atom is 0.270 e. The molecule has 0 spiro atoms. The zero-order chi connectivity index (χ0) is 13.9. The van der Waals surface area contributed by atoms with Crippen LogP contribution >= 0.6 is 0 Å². The lowest BCUT2D eigenvalue weighted by atomic mass is 10.1. The second-order valence-electron chi connectivity index (χ2n) is 4.63. The zero-order valence-corrected chi connectivity index (χ0v) is 10.9. The van der Waals surface area contributed by atoms with Gasteiger partial charge in [-0.05, 0) is 17.7 Å². The Balaban J connectivity index is 1.73. The number of nitrogens with two attached hydrogens (primary N) is 1. The first kappa shape index (κ1) is 12.6. The Kier molecular flexibility index (Phi) is 3.35. The van der Waals surface area contributed by atoms with E-state index in [9.17, 15) is 4.79 Å². The molecule has 3 N–H and O–H groups in total. The molecule has 1 amide bonds. The van der Waals surface area contributed by atoms with Gasteiger partial charge in [0, 0.05) is 18.3 Å². The summed E-state index contributed by atoms with van der Waals surface area (Å²) in [6.45, 7) is 0.866. The van der Waals surface area contributed by atoms with Crippen LogP contribution in [-0.2, 0) is 6.54 Å². The van der Waals surface area contributed by atoms with Crippen molar-refractivity contribution in [2.75, 3.05) is 6.61 Å². The average molecular weight is 269 g/mol. The van der Waals surface area contributed by atoms with Gasteiger partial charge in [0.1, 0.15) is 18.1 Å². The van der Waals surface area contributed by atoms with Crippen molar-refractivity contribution in [3.63, 3.8) is 0 Å². The molecule has 3 rings (SSSR count). The molecular formula is C15H15N3O2. The quantitative estimate of drug-likeness (QED) is 0.883. The number of nitrogens with one attached hydrogen (secondary N) is 1. The highest BCUT2D eigenvalue weighted by molar-refractivity contribution is 5.92. The number of para-hydroxylation sites is 1. The highest BCUT2D eigenvalue weighted by Gasteiger charge is 2.25. The third-order valence-corrected chi connectivity index (χ3v) is 3.30. The molecule has 0 radical (unpaired) electrons. The Morgan fingerprint density at radius 2 is 2.20 bits per heavy atom. The smallest absolute Gasteiger partial charge is 0.270 e. The molecule has 0 saturated heterocycles. The largest absolute Gasteiger partial charge is 0.491 e. The number of aromatic nitrogens is 1. The van der Waals surface area contributed by atoms with Gasteiger partial charge in [0.25, 0.3) is 5.91 Å². The maximum absolute atomic E-state index is 12.1. The van der Waals surface area contributed by atoms with Crippen LogP contribution in [0.25, 0.3) is 0 Å². The van der Waals surface area contributed by atoms with Crippen molar-refractivity contribution in [3.05, 3.63) is 59.4 Å². The van der Waals surface area contributed by atoms with E-state index in [1.165, 1.54) is 0 Å². The highest BCUT2D eigenvalue weighted by atomic mass is 16.5. The van der Waals surface area contributed by atoms with Crippen LogP contribution < -0.4 is 15.8 Å². The molecule has 1 atom stereocenters. The van der Waals surface area contributed by atoms with Gasteiger partial charge in [-0.25, -0.2) is 0 Å². The number of rotatable bonds is 3. The number of pyridine rings is 1. The van der Waals surface area contributed by atoms with Gasteiger partial charge >= 0.3 is 0 Å². The number of hydrogen-bond donors (Lipinski definition) is 2. The number of hydrogen-bond acceptors (Lipinski definition) is 4. The Bertz CT molecular complexity index is 625. The molecule has 0 aliphatic carbocycles. The number of ether oxygens (including phenoxy) is 1. The maximum atomic E-state index is 12.1. The van der Waals surface area contributed by atoms with Crippen LogP contribution in [0.3, 0.4) is 0 Å². The predicted molar refractivity (Wildman–Crippen MR) is 74.3 cm³/mol. The number of carbonyl (C=O) groups is 1. The molecule has 0 bridgehead atoms. The highest BCUT2D eigenvalue weighted by Crippen LogP contribution is 2.31. The lowest BCUT2D eigenvalue weighted by Crippen LogP contribution is -2.30. The van der Waals surface area contributed by atoms with Gasteiger partial charge in [-0.1, -0.05) is 24.3 Å². The van der Waals surface area contributed by atoms with E-state index in [1.54, 1.807) is 18.3 Å². The third-order valence-electron chi connectivity index (χ3n) is 3.30. The van der Waals surface area contributed by atoms with Crippen molar-refractivity contribution >= 4 is 5.91 Å². The number of fused-ring (bicyclic) bond motifs is 1. The van der Waals surface area contributed by atoms with E-state index in [-0.39, 0.29) is 11.9 Å². The van der Waals surface area contributed by atoms with E-state index in [2.05, 4.69) is 10.3 Å². The van der Waals surface area contributed by atoms with Gasteiger partial charge in [0.15, 0.2) is 0 Å². The van der Waals surface area contributed by atoms with E-state index in [4.69, 9.17) is 10.5 Å². The van der Waals surface area contributed by atoms with Gasteiger partial charge in [0.2, 0.25) is 0 Å². The van der Waals surface area contributed by atoms with Gasteiger partial charge in [-0.2, -0.15) is 0 Å². The van der Waals surface area contributed by atoms with Crippen molar-refractivity contribution in [1.29, 1.82) is 0 Å². The first-order valence-electron chi connectivity index (χ1n) is 6.45. The Labute approximate surface area is 116 Å². The summed E-state index contributed by atoms with van der Waals surface area (Å²) in [5, 5.41) is 2.93. The second-order valence-corrected chi connectivity index (χ2v) is 4.63. The summed E-state index contributed by atoms with van der Waals surface area (Å²) in [5.41, 5.74) is 7.78. The molecule has 5 heteroatoms. The minimum atomic E-state index is -0.209. The van der Waals surface area contributed by atoms with Crippen LogP contribution in [0, 0.1) is 0 Å². The van der Waals surface area contributed by atoms with Crippen LogP contribution in [0.15, 0.2) is 42.6 Å². The van der Waals surface area contributed by atoms with Crippen LogP contribution in [0.4, 0.5) is 0 Å². The Morgan fingerprint density at radius 3 is 2.95 bits per heavy atom. The summed E-state index contributed by atoms with van der Waals surface area (Å²) in [5.74, 6) is 0.614. The molecule has 1 aliphatic heterocycles. The van der Waals surface area contributed by atoms with E-state index in [0.717, 1.165) is 16.9 Å². The summed E-state index contributed by atoms with van der Waals surface area (Å²) in [7, 11) is 0. The number of amides is 1. The number of benzene rings is 1. The number of nitrogens with zero attached hydrogens (tertiary/aromatic N) is 1. The molecule has 1 unspecified atom stereocenters. The first-order valence-corrected chi connectivity index (χ1v) is 6.45. The molecule has 5 nitrogen and oxygen atoms in total. The Hall–Kier alpha value is -2.40. The predicted octanol–water partition coefficient (Wildman–Crippen LogP) is 1.40. The van der Waals surface area contributed by atoms with Crippen LogP contribution in [0.1, 0.15) is 27.7 Å². The van der Waals surface area contributed by atoms with Crippen molar-refractivity contribution in [2.24, 2.45) is 5.73 Å². The van der Waals surface area contributed by atoms with E-state index < -0.39 is 0 Å². The molecule has 1 aromatic carbocycles. The second kappa shape index (κ2) is 5.30. The molecule has 2 heterocycles. The molecule has 2 aromatic rings. The fourth-order valence-corrected chi connectivity index (χ4v) is 2.19. The Morgan fingerprint density at radius 1 is 1.35 bits per heavy atom. The fraction of sp³-hybridized carbons (Fsp3) is 0.200. The van der Waals surface area contributed by atoms with Gasteiger partial charge in [0.05, 0.1) is 6.04 Å². The van der Waals surface area contributed by atoms with Gasteiger partial charge in [-0.3, -0.25) is 9.78 Å². The summed E-state index contributed by atoms with van der Waals surface area (Å²) >= 11 is 0. The van der Waals surface area contributed by atoms with Crippen LogP contribution in [-0.4, -0.2) is 17.5 Å². The molecule has 1 aromatic heterocycles. The van der Waals surface area contributed by atoms with Gasteiger partial charge < -0.3 is 15.8 Å². The normalized spacial score (nSPS) is 16.4. The lowest BCUT2D eigenvalue weighted by molar-refractivity contribution is 0.0925. The molecular weight excluding hydrogens is 254 g/mol. The third kappa shape index (κ3) is 2.35. The average Bonchev–Trinajstić information content (AvgIpc) is 2.91. The van der Waals surface area contributed by atoms with Crippen LogP contribution in [0.2, 0.25) is 0 Å². The van der Waals surface area contributed by atoms with Crippen molar-refractivity contribution in [3.8, 4) is 5.75 Å². The topological polar surface area (TPSA) is 77.2 Å². The van der Waals surface area contributed by atoms with Crippen LogP contribution in [0.5, 0.6) is 5.75 Å². The molecule has 0 saturated carbocycles. The van der Waals surface area contributed by atoms with Gasteiger partial charge in [-0.15, -0.1) is 0 Å². The van der Waals surface area contributed by atoms with E-state index >= 15 is 0 Å². The summed E-state index contributed by atoms with van der Waals surface area (Å²) in [4.78, 5) is 16.3. The zero-order valence-electron chi connectivity index (χ0n) is 10.9. The minimum Gasteiger partial charge on any atom is -0.491 e. The first-order chi connectivity index (χ1) is 9.78. The molecule has 0 fully saturated rings. The minimum absolute atomic E-state index is 0.130. The standard InChI is InChI=1S/C15H15N3O2/c16-7-10-5-6-12(17-8-10)15(19)18-13-9-20-14-4-2-1-3-11(13)14/h1-6,8,13H,7,9,16H2,(H,18,19). The van der Waals surface area contributed by atoms with Crippen molar-refractivity contribution in [1.82, 2.24) is 10.3 Å². The lowest BCUT2D eigenvalue weighted by Gasteiger charge is -2.11. The summed E-state index contributed by atoms with van der Waals surface area (Å²) in [6, 6.07) is 11.1. The molecule has 20 heavy (non-hydrogen) atoms.